The molecule has 3 heteroatoms. The summed E-state index contributed by atoms with van der Waals surface area (Å²) >= 11 is 0. The Hall–Kier alpha value is -1.22. The maximum Gasteiger partial charge on any atom is 0.115 e. The van der Waals surface area contributed by atoms with E-state index in [9.17, 15) is 5.11 Å². The first-order valence-electron chi connectivity index (χ1n) is 7.26. The Morgan fingerprint density at radius 3 is 2.47 bits per heavy atom. The van der Waals surface area contributed by atoms with Crippen molar-refractivity contribution in [2.75, 3.05) is 25.0 Å². The molecule has 1 atom stereocenters. The van der Waals surface area contributed by atoms with Crippen molar-refractivity contribution in [3.8, 4) is 5.75 Å². The molecule has 19 heavy (non-hydrogen) atoms. The van der Waals surface area contributed by atoms with Crippen molar-refractivity contribution in [2.24, 2.45) is 5.41 Å². The van der Waals surface area contributed by atoms with Gasteiger partial charge in [0.2, 0.25) is 0 Å². The van der Waals surface area contributed by atoms with Crippen molar-refractivity contribution in [3.05, 3.63) is 24.3 Å². The van der Waals surface area contributed by atoms with E-state index in [-0.39, 0.29) is 5.41 Å². The summed E-state index contributed by atoms with van der Waals surface area (Å²) < 4.78 is 0. The van der Waals surface area contributed by atoms with Gasteiger partial charge in [-0.1, -0.05) is 13.8 Å². The molecule has 0 heterocycles. The molecule has 1 unspecified atom stereocenters. The van der Waals surface area contributed by atoms with Crippen molar-refractivity contribution in [1.29, 1.82) is 0 Å². The van der Waals surface area contributed by atoms with E-state index in [1.165, 1.54) is 12.8 Å². The van der Waals surface area contributed by atoms with Gasteiger partial charge in [0.05, 0.1) is 0 Å². The lowest BCUT2D eigenvalue weighted by molar-refractivity contribution is 0.298. The predicted molar refractivity (Wildman–Crippen MR) is 80.8 cm³/mol. The first-order valence-corrected chi connectivity index (χ1v) is 7.26. The molecule has 0 radical (unpaired) electrons. The quantitative estimate of drug-likeness (QED) is 0.793. The van der Waals surface area contributed by atoms with Gasteiger partial charge in [-0.25, -0.2) is 0 Å². The zero-order valence-corrected chi connectivity index (χ0v) is 12.3. The lowest BCUT2D eigenvalue weighted by atomic mass is 9.86. The van der Waals surface area contributed by atoms with Crippen LogP contribution in [0.15, 0.2) is 24.3 Å². The molecule has 1 aliphatic rings. The standard InChI is InChI=1S/C16H26N2O/c1-4-16(2,11-17-13-5-6-13)12-18(3)14-7-9-15(19)10-8-14/h7-10,13,17,19H,4-6,11-12H2,1-3H3. The molecule has 1 saturated carbocycles. The monoisotopic (exact) mass is 262 g/mol. The van der Waals surface area contributed by atoms with E-state index in [0.717, 1.165) is 31.2 Å². The Bertz CT molecular complexity index is 400. The molecule has 0 bridgehead atoms. The molecule has 1 aromatic rings. The summed E-state index contributed by atoms with van der Waals surface area (Å²) in [6.45, 7) is 6.71. The second-order valence-corrected chi connectivity index (χ2v) is 6.19. The number of rotatable bonds is 7. The third-order valence-corrected chi connectivity index (χ3v) is 4.16. The Morgan fingerprint density at radius 1 is 1.32 bits per heavy atom. The Labute approximate surface area is 116 Å². The highest BCUT2D eigenvalue weighted by atomic mass is 16.3. The molecule has 1 aromatic carbocycles. The number of benzene rings is 1. The number of hydrogen-bond acceptors (Lipinski definition) is 3. The van der Waals surface area contributed by atoms with E-state index in [1.807, 2.05) is 12.1 Å². The van der Waals surface area contributed by atoms with Crippen molar-refractivity contribution in [2.45, 2.75) is 39.2 Å². The summed E-state index contributed by atoms with van der Waals surface area (Å²) in [7, 11) is 2.12. The van der Waals surface area contributed by atoms with Crippen LogP contribution in [-0.2, 0) is 0 Å². The first-order chi connectivity index (χ1) is 9.02. The maximum atomic E-state index is 9.34. The highest BCUT2D eigenvalue weighted by molar-refractivity contribution is 5.48. The number of nitrogens with one attached hydrogen (secondary N) is 1. The average molecular weight is 262 g/mol. The average Bonchev–Trinajstić information content (AvgIpc) is 3.21. The zero-order valence-electron chi connectivity index (χ0n) is 12.3. The van der Waals surface area contributed by atoms with E-state index < -0.39 is 0 Å². The SMILES string of the molecule is CCC(C)(CNC1CC1)CN(C)c1ccc(O)cc1. The number of aromatic hydroxyl groups is 1. The third-order valence-electron chi connectivity index (χ3n) is 4.16. The fourth-order valence-corrected chi connectivity index (χ4v) is 2.34. The van der Waals surface area contributed by atoms with Crippen LogP contribution in [0.3, 0.4) is 0 Å². The van der Waals surface area contributed by atoms with Crippen molar-refractivity contribution < 1.29 is 5.11 Å². The van der Waals surface area contributed by atoms with E-state index in [1.54, 1.807) is 12.1 Å². The van der Waals surface area contributed by atoms with Gasteiger partial charge in [0.25, 0.3) is 0 Å². The van der Waals surface area contributed by atoms with Crippen molar-refractivity contribution in [1.82, 2.24) is 5.32 Å². The van der Waals surface area contributed by atoms with Gasteiger partial charge in [-0.2, -0.15) is 0 Å². The number of phenols is 1. The minimum atomic E-state index is 0.287. The predicted octanol–water partition coefficient (Wildman–Crippen LogP) is 3.00. The second-order valence-electron chi connectivity index (χ2n) is 6.19. The normalized spacial score (nSPS) is 18.1. The zero-order chi connectivity index (χ0) is 13.9. The smallest absolute Gasteiger partial charge is 0.115 e. The van der Waals surface area contributed by atoms with Crippen LogP contribution in [0.25, 0.3) is 0 Å². The molecule has 0 saturated heterocycles. The molecule has 0 spiro atoms. The van der Waals surface area contributed by atoms with Gasteiger partial charge in [-0.05, 0) is 48.9 Å². The molecule has 106 valence electrons. The minimum absolute atomic E-state index is 0.287. The van der Waals surface area contributed by atoms with Crippen LogP contribution in [0, 0.1) is 5.41 Å². The van der Waals surface area contributed by atoms with Crippen LogP contribution in [-0.4, -0.2) is 31.3 Å². The third kappa shape index (κ3) is 4.13. The number of hydrogen-bond donors (Lipinski definition) is 2. The Kier molecular flexibility index (Phi) is 4.35. The maximum absolute atomic E-state index is 9.34. The highest BCUT2D eigenvalue weighted by Gasteiger charge is 2.28. The molecular weight excluding hydrogens is 236 g/mol. The topological polar surface area (TPSA) is 35.5 Å². The number of anilines is 1. The van der Waals surface area contributed by atoms with Crippen molar-refractivity contribution in [3.63, 3.8) is 0 Å². The fraction of sp³-hybridized carbons (Fsp3) is 0.625. The van der Waals surface area contributed by atoms with Gasteiger partial charge >= 0.3 is 0 Å². The summed E-state index contributed by atoms with van der Waals surface area (Å²) in [6.07, 6.45) is 3.84. The molecule has 0 aliphatic heterocycles. The largest absolute Gasteiger partial charge is 0.508 e. The molecule has 2 rings (SSSR count). The van der Waals surface area contributed by atoms with Crippen LogP contribution < -0.4 is 10.2 Å². The summed E-state index contributed by atoms with van der Waals surface area (Å²) in [5.41, 5.74) is 1.44. The number of nitrogens with zero attached hydrogens (tertiary/aromatic N) is 1. The lowest BCUT2D eigenvalue weighted by Crippen LogP contribution is -2.41. The van der Waals surface area contributed by atoms with Gasteiger partial charge in [0, 0.05) is 31.9 Å². The first kappa shape index (κ1) is 14.2. The van der Waals surface area contributed by atoms with E-state index in [2.05, 4.69) is 31.1 Å². The van der Waals surface area contributed by atoms with Crippen LogP contribution in [0.1, 0.15) is 33.1 Å². The van der Waals surface area contributed by atoms with E-state index >= 15 is 0 Å². The molecule has 1 fully saturated rings. The van der Waals surface area contributed by atoms with Crippen molar-refractivity contribution >= 4 is 5.69 Å². The van der Waals surface area contributed by atoms with Crippen LogP contribution in [0.4, 0.5) is 5.69 Å². The number of phenolic OH excluding ortho intramolecular Hbond substituents is 1. The van der Waals surface area contributed by atoms with E-state index in [4.69, 9.17) is 0 Å². The molecule has 3 nitrogen and oxygen atoms in total. The van der Waals surface area contributed by atoms with Gasteiger partial charge < -0.3 is 15.3 Å². The molecular formula is C16H26N2O. The summed E-state index contributed by atoms with van der Waals surface area (Å²) in [4.78, 5) is 2.28. The molecule has 0 amide bonds. The van der Waals surface area contributed by atoms with Crippen LogP contribution in [0.5, 0.6) is 5.75 Å². The summed E-state index contributed by atoms with van der Waals surface area (Å²) in [5.74, 6) is 0.325. The Morgan fingerprint density at radius 2 is 1.95 bits per heavy atom. The summed E-state index contributed by atoms with van der Waals surface area (Å²) in [5, 5.41) is 13.0. The minimum Gasteiger partial charge on any atom is -0.508 e. The second kappa shape index (κ2) is 5.83. The van der Waals surface area contributed by atoms with Gasteiger partial charge in [-0.15, -0.1) is 0 Å². The summed E-state index contributed by atoms with van der Waals surface area (Å²) in [6, 6.07) is 8.21. The van der Waals surface area contributed by atoms with Gasteiger partial charge in [0.15, 0.2) is 0 Å². The van der Waals surface area contributed by atoms with Gasteiger partial charge in [0.1, 0.15) is 5.75 Å². The van der Waals surface area contributed by atoms with Crippen LogP contribution >= 0.6 is 0 Å². The fourth-order valence-electron chi connectivity index (χ4n) is 2.34. The van der Waals surface area contributed by atoms with Crippen LogP contribution in [0.2, 0.25) is 0 Å². The molecule has 2 N–H and O–H groups in total. The molecule has 0 aromatic heterocycles. The molecule has 1 aliphatic carbocycles. The lowest BCUT2D eigenvalue weighted by Gasteiger charge is -2.34. The Balaban J connectivity index is 1.93. The van der Waals surface area contributed by atoms with E-state index in [0.29, 0.717) is 5.75 Å². The highest BCUT2D eigenvalue weighted by Crippen LogP contribution is 2.27. The van der Waals surface area contributed by atoms with Gasteiger partial charge in [-0.3, -0.25) is 0 Å².